The number of rotatable bonds is 25. The SMILES string of the molecule is CCC/C=C/CCCCCCCCOC(=O)c1cccc(S(=O)(=O)O)c1C(=O)OCCCCCCCC/C=C/CCC. The molecule has 0 heterocycles. The van der Waals surface area contributed by atoms with Crippen molar-refractivity contribution in [1.82, 2.24) is 0 Å². The monoisotopic (exact) mass is 606 g/mol. The smallest absolute Gasteiger partial charge is 0.340 e. The summed E-state index contributed by atoms with van der Waals surface area (Å²) >= 11 is 0. The first-order chi connectivity index (χ1) is 20.3. The van der Waals surface area contributed by atoms with E-state index in [2.05, 4.69) is 38.2 Å². The van der Waals surface area contributed by atoms with Crippen LogP contribution in [0.3, 0.4) is 0 Å². The summed E-state index contributed by atoms with van der Waals surface area (Å²) in [6.45, 7) is 4.60. The maximum Gasteiger partial charge on any atom is 0.340 e. The van der Waals surface area contributed by atoms with Crippen molar-refractivity contribution >= 4 is 22.1 Å². The number of hydrogen-bond acceptors (Lipinski definition) is 6. The van der Waals surface area contributed by atoms with Crippen LogP contribution in [0.15, 0.2) is 47.4 Å². The zero-order valence-corrected chi connectivity index (χ0v) is 26.8. The average Bonchev–Trinajstić information content (AvgIpc) is 2.97. The molecule has 0 saturated carbocycles. The minimum absolute atomic E-state index is 0.0991. The van der Waals surface area contributed by atoms with E-state index < -0.39 is 32.5 Å². The molecule has 0 aliphatic rings. The van der Waals surface area contributed by atoms with Gasteiger partial charge < -0.3 is 9.47 Å². The van der Waals surface area contributed by atoms with Crippen LogP contribution in [0.5, 0.6) is 0 Å². The van der Waals surface area contributed by atoms with Gasteiger partial charge in [-0.1, -0.05) is 108 Å². The Bertz CT molecular complexity index is 1040. The molecule has 0 aromatic heterocycles. The van der Waals surface area contributed by atoms with Gasteiger partial charge in [0.05, 0.1) is 24.3 Å². The number of carbonyl (C=O) groups excluding carboxylic acids is 2. The largest absolute Gasteiger partial charge is 0.462 e. The van der Waals surface area contributed by atoms with Crippen LogP contribution in [0, 0.1) is 0 Å². The molecule has 7 nitrogen and oxygen atoms in total. The van der Waals surface area contributed by atoms with Crippen LogP contribution >= 0.6 is 0 Å². The Morgan fingerprint density at radius 2 is 1.07 bits per heavy atom. The van der Waals surface area contributed by atoms with E-state index in [1.807, 2.05) is 0 Å². The molecule has 1 N–H and O–H groups in total. The van der Waals surface area contributed by atoms with Gasteiger partial charge in [0.1, 0.15) is 4.90 Å². The third-order valence-electron chi connectivity index (χ3n) is 6.97. The van der Waals surface area contributed by atoms with Crippen LogP contribution in [-0.4, -0.2) is 38.1 Å². The summed E-state index contributed by atoms with van der Waals surface area (Å²) in [5.74, 6) is -1.77. The van der Waals surface area contributed by atoms with E-state index in [0.29, 0.717) is 12.8 Å². The van der Waals surface area contributed by atoms with Gasteiger partial charge in [-0.05, 0) is 63.5 Å². The van der Waals surface area contributed by atoms with E-state index in [4.69, 9.17) is 9.47 Å². The first kappa shape index (κ1) is 37.6. The molecule has 0 amide bonds. The second-order valence-corrected chi connectivity index (χ2v) is 12.2. The number of hydrogen-bond donors (Lipinski definition) is 1. The van der Waals surface area contributed by atoms with Gasteiger partial charge in [0, 0.05) is 0 Å². The molecule has 0 unspecified atom stereocenters. The summed E-state index contributed by atoms with van der Waals surface area (Å²) in [6, 6.07) is 3.70. The molecule has 8 heteroatoms. The minimum Gasteiger partial charge on any atom is -0.462 e. The third-order valence-corrected chi connectivity index (χ3v) is 7.86. The highest BCUT2D eigenvalue weighted by Gasteiger charge is 2.28. The molecule has 1 aromatic rings. The van der Waals surface area contributed by atoms with Crippen molar-refractivity contribution in [2.75, 3.05) is 13.2 Å². The van der Waals surface area contributed by atoms with Crippen LogP contribution in [0.1, 0.15) is 150 Å². The first-order valence-corrected chi connectivity index (χ1v) is 17.5. The van der Waals surface area contributed by atoms with Gasteiger partial charge in [0.25, 0.3) is 10.1 Å². The molecule has 0 aliphatic carbocycles. The van der Waals surface area contributed by atoms with Crippen molar-refractivity contribution in [3.8, 4) is 0 Å². The van der Waals surface area contributed by atoms with Crippen molar-refractivity contribution in [3.63, 3.8) is 0 Å². The maximum atomic E-state index is 12.9. The maximum absolute atomic E-state index is 12.9. The zero-order chi connectivity index (χ0) is 30.9. The quantitative estimate of drug-likeness (QED) is 0.0511. The Labute approximate surface area is 254 Å². The van der Waals surface area contributed by atoms with Crippen molar-refractivity contribution < 1.29 is 32.0 Å². The molecular formula is C34H54O7S. The molecule has 0 aliphatic heterocycles. The topological polar surface area (TPSA) is 107 Å². The Hall–Kier alpha value is -2.45. The van der Waals surface area contributed by atoms with Crippen molar-refractivity contribution in [1.29, 1.82) is 0 Å². The molecule has 0 atom stereocenters. The number of unbranched alkanes of at least 4 members (excludes halogenated alkanes) is 14. The Kier molecular flexibility index (Phi) is 21.5. The second-order valence-electron chi connectivity index (χ2n) is 10.8. The first-order valence-electron chi connectivity index (χ1n) is 16.1. The van der Waals surface area contributed by atoms with Gasteiger partial charge in [-0.2, -0.15) is 8.42 Å². The van der Waals surface area contributed by atoms with E-state index in [9.17, 15) is 22.6 Å². The highest BCUT2D eigenvalue weighted by Crippen LogP contribution is 2.22. The minimum atomic E-state index is -4.76. The van der Waals surface area contributed by atoms with Crippen molar-refractivity contribution in [3.05, 3.63) is 53.6 Å². The fraction of sp³-hybridized carbons (Fsp3) is 0.647. The third kappa shape index (κ3) is 17.5. The number of esters is 2. The molecule has 42 heavy (non-hydrogen) atoms. The van der Waals surface area contributed by atoms with Gasteiger partial charge in [-0.15, -0.1) is 0 Å². The van der Waals surface area contributed by atoms with E-state index >= 15 is 0 Å². The van der Waals surface area contributed by atoms with Crippen molar-refractivity contribution in [2.45, 2.75) is 134 Å². The second kappa shape index (κ2) is 24.0. The van der Waals surface area contributed by atoms with E-state index in [1.165, 1.54) is 37.8 Å². The Morgan fingerprint density at radius 1 is 0.643 bits per heavy atom. The predicted octanol–water partition coefficient (Wildman–Crippen LogP) is 9.42. The molecule has 238 valence electrons. The van der Waals surface area contributed by atoms with Gasteiger partial charge in [-0.3, -0.25) is 4.55 Å². The number of benzene rings is 1. The van der Waals surface area contributed by atoms with Crippen LogP contribution in [0.25, 0.3) is 0 Å². The zero-order valence-electron chi connectivity index (χ0n) is 26.0. The lowest BCUT2D eigenvalue weighted by atomic mass is 10.1. The molecule has 0 fully saturated rings. The average molecular weight is 607 g/mol. The van der Waals surface area contributed by atoms with Crippen LogP contribution in [0.2, 0.25) is 0 Å². The lowest BCUT2D eigenvalue weighted by Gasteiger charge is -2.13. The lowest BCUT2D eigenvalue weighted by Crippen LogP contribution is -2.19. The molecular weight excluding hydrogens is 552 g/mol. The van der Waals surface area contributed by atoms with Gasteiger partial charge in [0.2, 0.25) is 0 Å². The van der Waals surface area contributed by atoms with Crippen LogP contribution in [-0.2, 0) is 19.6 Å². The summed E-state index contributed by atoms with van der Waals surface area (Å²) in [6.07, 6.45) is 27.9. The molecule has 0 saturated heterocycles. The highest BCUT2D eigenvalue weighted by molar-refractivity contribution is 7.86. The van der Waals surface area contributed by atoms with E-state index in [1.54, 1.807) is 0 Å². The van der Waals surface area contributed by atoms with Gasteiger partial charge >= 0.3 is 11.9 Å². The predicted molar refractivity (Wildman–Crippen MR) is 170 cm³/mol. The number of allylic oxidation sites excluding steroid dienone is 4. The number of ether oxygens (including phenoxy) is 2. The highest BCUT2D eigenvalue weighted by atomic mass is 32.2. The summed E-state index contributed by atoms with van der Waals surface area (Å²) < 4.78 is 44.3. The fourth-order valence-corrected chi connectivity index (χ4v) is 5.26. The van der Waals surface area contributed by atoms with Crippen LogP contribution in [0.4, 0.5) is 0 Å². The molecule has 0 radical (unpaired) electrons. The summed E-state index contributed by atoms with van der Waals surface area (Å²) in [5.41, 5.74) is -0.701. The Morgan fingerprint density at radius 3 is 1.55 bits per heavy atom. The lowest BCUT2D eigenvalue weighted by molar-refractivity contribution is 0.0446. The van der Waals surface area contributed by atoms with Gasteiger partial charge in [0.15, 0.2) is 0 Å². The summed E-state index contributed by atoms with van der Waals surface area (Å²) in [5, 5.41) is 0. The molecule has 1 rings (SSSR count). The normalized spacial score (nSPS) is 11.9. The molecule has 1 aromatic carbocycles. The summed E-state index contributed by atoms with van der Waals surface area (Å²) in [7, 11) is -4.76. The standard InChI is InChI=1S/C34H54O7S/c1-3-5-7-9-11-13-15-17-19-21-23-28-40-33(35)30-26-25-27-31(42(37,38)39)32(30)34(36)41-29-24-22-20-18-16-14-12-10-8-6-4-2/h7-10,25-27H,3-6,11-24,28-29H2,1-2H3,(H,37,38,39)/b9-7+,10-8+. The van der Waals surface area contributed by atoms with E-state index in [0.717, 1.165) is 83.1 Å². The molecule has 0 bridgehead atoms. The molecule has 0 spiro atoms. The van der Waals surface area contributed by atoms with E-state index in [-0.39, 0.29) is 18.8 Å². The van der Waals surface area contributed by atoms with Crippen LogP contribution < -0.4 is 0 Å². The summed E-state index contributed by atoms with van der Waals surface area (Å²) in [4.78, 5) is 25.0. The fourth-order valence-electron chi connectivity index (χ4n) is 4.55. The number of carbonyl (C=O) groups is 2. The van der Waals surface area contributed by atoms with Crippen molar-refractivity contribution in [2.24, 2.45) is 0 Å². The Balaban J connectivity index is 2.46. The van der Waals surface area contributed by atoms with Gasteiger partial charge in [-0.25, -0.2) is 9.59 Å².